The van der Waals surface area contributed by atoms with Crippen molar-refractivity contribution in [2.75, 3.05) is 12.3 Å². The number of rotatable bonds is 5. The predicted octanol–water partition coefficient (Wildman–Crippen LogP) is 2.19. The van der Waals surface area contributed by atoms with E-state index in [1.165, 1.54) is 17.7 Å². The zero-order chi connectivity index (χ0) is 13.9. The molecule has 0 atom stereocenters. The molecule has 1 aromatic carbocycles. The van der Waals surface area contributed by atoms with E-state index < -0.39 is 20.7 Å². The van der Waals surface area contributed by atoms with E-state index in [0.717, 1.165) is 25.3 Å². The van der Waals surface area contributed by atoms with E-state index in [2.05, 4.69) is 10.8 Å². The van der Waals surface area contributed by atoms with Gasteiger partial charge in [-0.15, -0.1) is 0 Å². The lowest BCUT2D eigenvalue weighted by Gasteiger charge is -2.10. The highest BCUT2D eigenvalue weighted by Crippen LogP contribution is 2.22. The molecule has 0 bridgehead atoms. The molecule has 0 amide bonds. The predicted molar refractivity (Wildman–Crippen MR) is 72.6 cm³/mol. The summed E-state index contributed by atoms with van der Waals surface area (Å²) >= 11 is 0. The second kappa shape index (κ2) is 5.71. The van der Waals surface area contributed by atoms with Gasteiger partial charge >= 0.3 is 0 Å². The topological polar surface area (TPSA) is 72.2 Å². The van der Waals surface area contributed by atoms with Crippen molar-refractivity contribution < 1.29 is 12.8 Å². The zero-order valence-electron chi connectivity index (χ0n) is 10.5. The maximum absolute atomic E-state index is 13.6. The van der Waals surface area contributed by atoms with Crippen LogP contribution >= 0.6 is 0 Å². The van der Waals surface area contributed by atoms with Crippen LogP contribution in [0, 0.1) is 5.82 Å². The van der Waals surface area contributed by atoms with Crippen molar-refractivity contribution in [1.29, 1.82) is 0 Å². The van der Waals surface area contributed by atoms with Gasteiger partial charge in [0.05, 0.1) is 5.69 Å². The van der Waals surface area contributed by atoms with Crippen LogP contribution in [0.5, 0.6) is 0 Å². The normalized spacial score (nSPS) is 15.5. The molecule has 1 aliphatic carbocycles. The molecule has 6 heteroatoms. The summed E-state index contributed by atoms with van der Waals surface area (Å²) in [6, 6.07) is 3.84. The quantitative estimate of drug-likeness (QED) is 0.643. The molecule has 0 heterocycles. The second-order valence-electron chi connectivity index (χ2n) is 4.56. The Bertz CT molecular complexity index is 576. The van der Waals surface area contributed by atoms with Crippen molar-refractivity contribution in [1.82, 2.24) is 4.72 Å². The molecule has 3 N–H and O–H groups in total. The van der Waals surface area contributed by atoms with E-state index in [-0.39, 0.29) is 12.2 Å². The maximum atomic E-state index is 13.6. The molecule has 0 saturated heterocycles. The summed E-state index contributed by atoms with van der Waals surface area (Å²) in [5.74, 6) is -0.826. The number of benzene rings is 1. The molecular formula is C13H17FN2O2S. The fourth-order valence-electron chi connectivity index (χ4n) is 2.19. The second-order valence-corrected chi connectivity index (χ2v) is 6.26. The third kappa shape index (κ3) is 3.33. The Labute approximate surface area is 112 Å². The van der Waals surface area contributed by atoms with Crippen LogP contribution in [-0.2, 0) is 10.0 Å². The fraction of sp³-hybridized carbons (Fsp3) is 0.385. The maximum Gasteiger partial charge on any atom is 0.245 e. The van der Waals surface area contributed by atoms with Crippen LogP contribution in [0.3, 0.4) is 0 Å². The Kier molecular flexibility index (Phi) is 4.21. The van der Waals surface area contributed by atoms with Crippen molar-refractivity contribution in [2.45, 2.75) is 30.6 Å². The first kappa shape index (κ1) is 14.0. The highest BCUT2D eigenvalue weighted by atomic mass is 32.2. The Morgan fingerprint density at radius 3 is 2.79 bits per heavy atom. The number of nitrogens with one attached hydrogen (secondary N) is 1. The van der Waals surface area contributed by atoms with Crippen molar-refractivity contribution in [3.63, 3.8) is 0 Å². The van der Waals surface area contributed by atoms with Crippen LogP contribution in [-0.4, -0.2) is 15.0 Å². The summed E-state index contributed by atoms with van der Waals surface area (Å²) < 4.78 is 40.0. The van der Waals surface area contributed by atoms with Gasteiger partial charge < -0.3 is 5.73 Å². The lowest BCUT2D eigenvalue weighted by atomic mass is 10.2. The van der Waals surface area contributed by atoms with Gasteiger partial charge in [-0.1, -0.05) is 17.7 Å². The van der Waals surface area contributed by atoms with Crippen LogP contribution in [0.25, 0.3) is 0 Å². The number of hydrogen-bond acceptors (Lipinski definition) is 3. The summed E-state index contributed by atoms with van der Waals surface area (Å²) in [6.45, 7) is 0.266. The molecule has 0 aromatic heterocycles. The summed E-state index contributed by atoms with van der Waals surface area (Å²) in [5.41, 5.74) is 6.71. The number of sulfonamides is 1. The first-order chi connectivity index (χ1) is 9.00. The third-order valence-corrected chi connectivity index (χ3v) is 4.69. The first-order valence-electron chi connectivity index (χ1n) is 6.22. The molecule has 2 rings (SSSR count). The monoisotopic (exact) mass is 284 g/mol. The standard InChI is InChI=1S/C13H17FN2O2S/c14-11-6-3-7-12(15)13(11)19(17,18)16-9-8-10-4-1-2-5-10/h3-4,6-7,16H,1-2,5,8-9,15H2. The summed E-state index contributed by atoms with van der Waals surface area (Å²) in [6.07, 6.45) is 5.99. The number of hydrogen-bond donors (Lipinski definition) is 2. The molecule has 1 aliphatic rings. The van der Waals surface area contributed by atoms with Gasteiger partial charge in [0.25, 0.3) is 0 Å². The fourth-order valence-corrected chi connectivity index (χ4v) is 3.41. The minimum Gasteiger partial charge on any atom is -0.398 e. The zero-order valence-corrected chi connectivity index (χ0v) is 11.3. The van der Waals surface area contributed by atoms with Crippen LogP contribution in [0.2, 0.25) is 0 Å². The SMILES string of the molecule is Nc1cccc(F)c1S(=O)(=O)NCCC1=CCCC1. The summed E-state index contributed by atoms with van der Waals surface area (Å²) in [5, 5.41) is 0. The van der Waals surface area contributed by atoms with Gasteiger partial charge in [0.2, 0.25) is 10.0 Å². The highest BCUT2D eigenvalue weighted by molar-refractivity contribution is 7.89. The van der Waals surface area contributed by atoms with Crippen LogP contribution in [0.4, 0.5) is 10.1 Å². The van der Waals surface area contributed by atoms with E-state index >= 15 is 0 Å². The molecule has 1 aromatic rings. The Morgan fingerprint density at radius 2 is 2.16 bits per heavy atom. The van der Waals surface area contributed by atoms with E-state index in [0.29, 0.717) is 6.42 Å². The molecule has 0 fully saturated rings. The first-order valence-corrected chi connectivity index (χ1v) is 7.70. The Morgan fingerprint density at radius 1 is 1.37 bits per heavy atom. The minimum atomic E-state index is -3.89. The molecule has 4 nitrogen and oxygen atoms in total. The number of anilines is 1. The van der Waals surface area contributed by atoms with Gasteiger partial charge in [0, 0.05) is 6.54 Å². The number of nitrogens with two attached hydrogens (primary N) is 1. The van der Waals surface area contributed by atoms with E-state index in [1.807, 2.05) is 0 Å². The average molecular weight is 284 g/mol. The van der Waals surface area contributed by atoms with Gasteiger partial charge in [-0.2, -0.15) is 0 Å². The molecule has 0 radical (unpaired) electrons. The third-order valence-electron chi connectivity index (χ3n) is 3.14. The van der Waals surface area contributed by atoms with Crippen molar-refractivity contribution >= 4 is 15.7 Å². The minimum absolute atomic E-state index is 0.0763. The van der Waals surface area contributed by atoms with Crippen molar-refractivity contribution in [2.24, 2.45) is 0 Å². The van der Waals surface area contributed by atoms with Gasteiger partial charge in [-0.3, -0.25) is 0 Å². The lowest BCUT2D eigenvalue weighted by molar-refractivity contribution is 0.558. The molecule has 0 unspecified atom stereocenters. The smallest absolute Gasteiger partial charge is 0.245 e. The lowest BCUT2D eigenvalue weighted by Crippen LogP contribution is -2.26. The molecule has 0 spiro atoms. The Balaban J connectivity index is 2.05. The molecule has 104 valence electrons. The van der Waals surface area contributed by atoms with Gasteiger partial charge in [0.1, 0.15) is 10.7 Å². The van der Waals surface area contributed by atoms with E-state index in [4.69, 9.17) is 5.73 Å². The van der Waals surface area contributed by atoms with Crippen LogP contribution in [0.1, 0.15) is 25.7 Å². The number of allylic oxidation sites excluding steroid dienone is 1. The molecule has 0 aliphatic heterocycles. The number of halogens is 1. The highest BCUT2D eigenvalue weighted by Gasteiger charge is 2.21. The largest absolute Gasteiger partial charge is 0.398 e. The average Bonchev–Trinajstić information content (AvgIpc) is 2.81. The van der Waals surface area contributed by atoms with Gasteiger partial charge in [-0.25, -0.2) is 17.5 Å². The van der Waals surface area contributed by atoms with Crippen LogP contribution < -0.4 is 10.5 Å². The van der Waals surface area contributed by atoms with Gasteiger partial charge in [-0.05, 0) is 37.8 Å². The number of nitrogen functional groups attached to an aromatic ring is 1. The van der Waals surface area contributed by atoms with Gasteiger partial charge in [0.15, 0.2) is 0 Å². The molecule has 19 heavy (non-hydrogen) atoms. The Hall–Kier alpha value is -1.40. The van der Waals surface area contributed by atoms with Crippen molar-refractivity contribution in [3.8, 4) is 0 Å². The van der Waals surface area contributed by atoms with E-state index in [1.54, 1.807) is 0 Å². The summed E-state index contributed by atoms with van der Waals surface area (Å²) in [4.78, 5) is -0.463. The molecular weight excluding hydrogens is 267 g/mol. The van der Waals surface area contributed by atoms with Crippen molar-refractivity contribution in [3.05, 3.63) is 35.7 Å². The van der Waals surface area contributed by atoms with Crippen LogP contribution in [0.15, 0.2) is 34.7 Å². The molecule has 0 saturated carbocycles. The summed E-state index contributed by atoms with van der Waals surface area (Å²) in [7, 11) is -3.89. The van der Waals surface area contributed by atoms with E-state index in [9.17, 15) is 12.8 Å².